The lowest BCUT2D eigenvalue weighted by Gasteiger charge is -2.27. The Balaban J connectivity index is 0.00000380. The van der Waals surface area contributed by atoms with E-state index in [2.05, 4.69) is 16.3 Å². The molecule has 3 aromatic rings. The third kappa shape index (κ3) is 6.54. The van der Waals surface area contributed by atoms with Crippen LogP contribution in [0.15, 0.2) is 53.4 Å². The number of nitrogens with zero attached hydrogens (tertiary/aromatic N) is 2. The van der Waals surface area contributed by atoms with Crippen molar-refractivity contribution in [2.45, 2.75) is 30.8 Å². The van der Waals surface area contributed by atoms with E-state index in [4.69, 9.17) is 9.88 Å². The number of methoxy groups -OCH3 is 1. The molecule has 0 spiro atoms. The van der Waals surface area contributed by atoms with Gasteiger partial charge in [-0.25, -0.2) is 18.4 Å². The molecule has 4 rings (SSSR count). The Morgan fingerprint density at radius 3 is 2.54 bits per heavy atom. The number of esters is 1. The van der Waals surface area contributed by atoms with Gasteiger partial charge in [0.25, 0.3) is 0 Å². The third-order valence-corrected chi connectivity index (χ3v) is 8.00. The predicted molar refractivity (Wildman–Crippen MR) is 142 cm³/mol. The van der Waals surface area contributed by atoms with Crippen molar-refractivity contribution in [2.24, 2.45) is 5.14 Å². The highest BCUT2D eigenvalue weighted by Gasteiger charge is 2.26. The van der Waals surface area contributed by atoms with Crippen molar-refractivity contribution in [1.29, 1.82) is 5.26 Å². The van der Waals surface area contributed by atoms with Crippen molar-refractivity contribution >= 4 is 50.6 Å². The van der Waals surface area contributed by atoms with Gasteiger partial charge in [-0.2, -0.15) is 5.26 Å². The number of benzene rings is 2. The molecule has 1 aliphatic heterocycles. The molecule has 0 fully saturated rings. The Kier molecular flexibility index (Phi) is 9.07. The standard InChI is InChI=1S/C25H24N4O5S2.ClH/c1-34-25(31)19-5-3-2-4-17(19)14-29-11-10-20-21(13-26)24(35-22(20)15-29)28-23(30)12-16-6-8-18(9-7-16)36(27,32)33;/h2-9H,10-12,14-15H2,1H3,(H,28,30)(H2,27,32,33);1H. The zero-order valence-corrected chi connectivity index (χ0v) is 22.3. The summed E-state index contributed by atoms with van der Waals surface area (Å²) in [7, 11) is -2.44. The van der Waals surface area contributed by atoms with Crippen molar-refractivity contribution < 1.29 is 22.7 Å². The summed E-state index contributed by atoms with van der Waals surface area (Å²) in [5.41, 5.74) is 3.43. The fraction of sp³-hybridized carbons (Fsp3) is 0.240. The molecule has 194 valence electrons. The number of nitrogens with one attached hydrogen (secondary N) is 1. The lowest BCUT2D eigenvalue weighted by Crippen LogP contribution is -2.30. The van der Waals surface area contributed by atoms with E-state index in [1.54, 1.807) is 12.1 Å². The summed E-state index contributed by atoms with van der Waals surface area (Å²) >= 11 is 1.38. The van der Waals surface area contributed by atoms with Crippen LogP contribution in [-0.2, 0) is 45.5 Å². The topological polar surface area (TPSA) is 143 Å². The van der Waals surface area contributed by atoms with Crippen LogP contribution in [0.1, 0.15) is 37.5 Å². The summed E-state index contributed by atoms with van der Waals surface area (Å²) in [6, 6.07) is 15.3. The highest BCUT2D eigenvalue weighted by atomic mass is 35.5. The number of carbonyl (C=O) groups is 2. The average molecular weight is 561 g/mol. The number of nitrogens with two attached hydrogens (primary N) is 1. The molecule has 2 heterocycles. The van der Waals surface area contributed by atoms with Crippen molar-refractivity contribution in [3.63, 3.8) is 0 Å². The molecule has 1 aromatic heterocycles. The van der Waals surface area contributed by atoms with Crippen molar-refractivity contribution in [3.05, 3.63) is 81.2 Å². The maximum Gasteiger partial charge on any atom is 0.338 e. The van der Waals surface area contributed by atoms with E-state index in [1.807, 2.05) is 12.1 Å². The third-order valence-electron chi connectivity index (χ3n) is 5.93. The average Bonchev–Trinajstić information content (AvgIpc) is 3.19. The molecule has 0 saturated heterocycles. The van der Waals surface area contributed by atoms with Gasteiger partial charge in [0.05, 0.1) is 29.6 Å². The molecule has 0 bridgehead atoms. The van der Waals surface area contributed by atoms with Gasteiger partial charge >= 0.3 is 5.97 Å². The molecule has 0 radical (unpaired) electrons. The maximum atomic E-state index is 12.7. The van der Waals surface area contributed by atoms with Crippen LogP contribution in [0, 0.1) is 11.3 Å². The fourth-order valence-corrected chi connectivity index (χ4v) is 5.93. The Morgan fingerprint density at radius 1 is 1.19 bits per heavy atom. The van der Waals surface area contributed by atoms with Crippen LogP contribution in [-0.4, -0.2) is 38.8 Å². The molecule has 37 heavy (non-hydrogen) atoms. The summed E-state index contributed by atoms with van der Waals surface area (Å²) in [6.07, 6.45) is 0.675. The van der Waals surface area contributed by atoms with Gasteiger partial charge in [0.1, 0.15) is 11.1 Å². The van der Waals surface area contributed by atoms with E-state index >= 15 is 0 Å². The minimum Gasteiger partial charge on any atom is -0.465 e. The molecular weight excluding hydrogens is 536 g/mol. The van der Waals surface area contributed by atoms with E-state index in [1.165, 1.54) is 42.7 Å². The monoisotopic (exact) mass is 560 g/mol. The maximum absolute atomic E-state index is 12.7. The predicted octanol–water partition coefficient (Wildman–Crippen LogP) is 3.22. The second-order valence-corrected chi connectivity index (χ2v) is 11.0. The van der Waals surface area contributed by atoms with Crippen molar-refractivity contribution in [2.75, 3.05) is 19.0 Å². The second-order valence-electron chi connectivity index (χ2n) is 8.34. The number of thiophene rings is 1. The van der Waals surface area contributed by atoms with Gasteiger partial charge in [-0.3, -0.25) is 9.69 Å². The van der Waals surface area contributed by atoms with E-state index in [0.29, 0.717) is 47.7 Å². The number of anilines is 1. The Hall–Kier alpha value is -3.27. The van der Waals surface area contributed by atoms with E-state index < -0.39 is 10.0 Å². The normalized spacial score (nSPS) is 13.1. The van der Waals surface area contributed by atoms with Crippen molar-refractivity contribution in [1.82, 2.24) is 4.90 Å². The summed E-state index contributed by atoms with van der Waals surface area (Å²) in [5.74, 6) is -0.687. The number of ether oxygens (including phenoxy) is 1. The quantitative estimate of drug-likeness (QED) is 0.422. The van der Waals surface area contributed by atoms with Crippen LogP contribution in [0.3, 0.4) is 0 Å². The summed E-state index contributed by atoms with van der Waals surface area (Å²) < 4.78 is 27.7. The first-order chi connectivity index (χ1) is 17.2. The highest BCUT2D eigenvalue weighted by Crippen LogP contribution is 2.37. The van der Waals surface area contributed by atoms with Gasteiger partial charge in [-0.1, -0.05) is 30.3 Å². The van der Waals surface area contributed by atoms with E-state index in [-0.39, 0.29) is 35.6 Å². The first-order valence-electron chi connectivity index (χ1n) is 11.0. The van der Waals surface area contributed by atoms with Crippen LogP contribution in [0.25, 0.3) is 0 Å². The zero-order valence-electron chi connectivity index (χ0n) is 19.9. The van der Waals surface area contributed by atoms with Gasteiger partial charge in [0.2, 0.25) is 15.9 Å². The molecular formula is C25H25ClN4O5S2. The van der Waals surface area contributed by atoms with Crippen LogP contribution in [0.5, 0.6) is 0 Å². The number of sulfonamides is 1. The Labute approximate surface area is 225 Å². The first kappa shape index (κ1) is 28.3. The molecule has 0 unspecified atom stereocenters. The molecule has 1 aliphatic rings. The molecule has 1 amide bonds. The molecule has 3 N–H and O–H groups in total. The van der Waals surface area contributed by atoms with E-state index in [0.717, 1.165) is 16.0 Å². The minimum atomic E-state index is -3.80. The minimum absolute atomic E-state index is 0. The molecule has 2 aromatic carbocycles. The number of hydrogen-bond donors (Lipinski definition) is 2. The molecule has 0 saturated carbocycles. The zero-order chi connectivity index (χ0) is 25.9. The number of rotatable bonds is 7. The van der Waals surface area contributed by atoms with Crippen LogP contribution in [0.2, 0.25) is 0 Å². The number of primary sulfonamides is 1. The molecule has 0 atom stereocenters. The molecule has 0 aliphatic carbocycles. The number of carbonyl (C=O) groups excluding carboxylic acids is 2. The van der Waals surface area contributed by atoms with E-state index in [9.17, 15) is 23.3 Å². The number of amides is 1. The fourth-order valence-electron chi connectivity index (χ4n) is 4.16. The lowest BCUT2D eigenvalue weighted by molar-refractivity contribution is -0.115. The SMILES string of the molecule is COC(=O)c1ccccc1CN1CCc2c(sc(NC(=O)Cc3ccc(S(N)(=O)=O)cc3)c2C#N)C1.Cl. The lowest BCUT2D eigenvalue weighted by atomic mass is 10.0. The number of fused-ring (bicyclic) bond motifs is 1. The Bertz CT molecular complexity index is 1460. The number of nitriles is 1. The van der Waals surface area contributed by atoms with Crippen molar-refractivity contribution in [3.8, 4) is 6.07 Å². The summed E-state index contributed by atoms with van der Waals surface area (Å²) in [4.78, 5) is 27.9. The van der Waals surface area contributed by atoms with Crippen LogP contribution >= 0.6 is 23.7 Å². The molecule has 9 nitrogen and oxygen atoms in total. The van der Waals surface area contributed by atoms with Crippen LogP contribution in [0.4, 0.5) is 5.00 Å². The summed E-state index contributed by atoms with van der Waals surface area (Å²) in [6.45, 7) is 1.85. The molecule has 12 heteroatoms. The van der Waals surface area contributed by atoms with Crippen LogP contribution < -0.4 is 10.5 Å². The van der Waals surface area contributed by atoms with Gasteiger partial charge in [-0.15, -0.1) is 23.7 Å². The highest BCUT2D eigenvalue weighted by molar-refractivity contribution is 7.89. The first-order valence-corrected chi connectivity index (χ1v) is 13.4. The smallest absolute Gasteiger partial charge is 0.338 e. The van der Waals surface area contributed by atoms with Gasteiger partial charge in [0, 0.05) is 24.5 Å². The van der Waals surface area contributed by atoms with Gasteiger partial charge in [0.15, 0.2) is 0 Å². The summed E-state index contributed by atoms with van der Waals surface area (Å²) in [5, 5.41) is 18.2. The largest absolute Gasteiger partial charge is 0.465 e. The van der Waals surface area contributed by atoms with Gasteiger partial charge in [-0.05, 0) is 41.3 Å². The second kappa shape index (κ2) is 11.9. The number of hydrogen-bond acceptors (Lipinski definition) is 8. The number of halogens is 1. The van der Waals surface area contributed by atoms with Gasteiger partial charge < -0.3 is 10.1 Å². The Morgan fingerprint density at radius 2 is 1.89 bits per heavy atom.